The summed E-state index contributed by atoms with van der Waals surface area (Å²) >= 11 is 0. The molecule has 0 rings (SSSR count). The SMILES string of the molecule is CC/C=C\C/C=C\C/C=C\C(CCCCCCCCC(=O)O)OC(=O)CCCCCCCCC/C=C\CCCCCCCC. The minimum atomic E-state index is -0.707. The van der Waals surface area contributed by atoms with Crippen LogP contribution in [0.4, 0.5) is 0 Å². The maximum atomic E-state index is 12.6. The highest BCUT2D eigenvalue weighted by Gasteiger charge is 2.11. The van der Waals surface area contributed by atoms with Crippen LogP contribution in [0.15, 0.2) is 48.6 Å². The second-order valence-electron chi connectivity index (χ2n) is 12.4. The first-order chi connectivity index (χ1) is 21.6. The summed E-state index contributed by atoms with van der Waals surface area (Å²) in [5.41, 5.74) is 0. The zero-order valence-electron chi connectivity index (χ0n) is 29.0. The van der Waals surface area contributed by atoms with Gasteiger partial charge in [0.1, 0.15) is 6.10 Å². The smallest absolute Gasteiger partial charge is 0.306 e. The number of carbonyl (C=O) groups excluding carboxylic acids is 1. The van der Waals surface area contributed by atoms with E-state index in [9.17, 15) is 9.59 Å². The van der Waals surface area contributed by atoms with Crippen LogP contribution in [-0.2, 0) is 14.3 Å². The quantitative estimate of drug-likeness (QED) is 0.0454. The molecule has 4 nitrogen and oxygen atoms in total. The van der Waals surface area contributed by atoms with E-state index in [1.165, 1.54) is 83.5 Å². The topological polar surface area (TPSA) is 63.6 Å². The second-order valence-corrected chi connectivity index (χ2v) is 12.4. The van der Waals surface area contributed by atoms with Gasteiger partial charge < -0.3 is 9.84 Å². The van der Waals surface area contributed by atoms with Gasteiger partial charge in [-0.05, 0) is 76.7 Å². The van der Waals surface area contributed by atoms with Gasteiger partial charge in [0.05, 0.1) is 0 Å². The number of unbranched alkanes of at least 4 members (excludes halogenated alkanes) is 18. The molecule has 0 aromatic rings. The van der Waals surface area contributed by atoms with Crippen LogP contribution in [-0.4, -0.2) is 23.1 Å². The molecule has 254 valence electrons. The third kappa shape index (κ3) is 34.4. The number of aliphatic carboxylic acids is 1. The molecule has 0 fully saturated rings. The summed E-state index contributed by atoms with van der Waals surface area (Å²) in [7, 11) is 0. The number of ether oxygens (including phenoxy) is 1. The van der Waals surface area contributed by atoms with E-state index >= 15 is 0 Å². The fraction of sp³-hybridized carbons (Fsp3) is 0.750. The van der Waals surface area contributed by atoms with Crippen LogP contribution in [0.25, 0.3) is 0 Å². The molecule has 1 atom stereocenters. The van der Waals surface area contributed by atoms with Crippen LogP contribution in [0.1, 0.15) is 187 Å². The Balaban J connectivity index is 4.06. The lowest BCUT2D eigenvalue weighted by atomic mass is 10.1. The van der Waals surface area contributed by atoms with E-state index in [1.807, 2.05) is 0 Å². The Bertz CT molecular complexity index is 748. The van der Waals surface area contributed by atoms with Crippen molar-refractivity contribution in [3.05, 3.63) is 48.6 Å². The summed E-state index contributed by atoms with van der Waals surface area (Å²) < 4.78 is 5.88. The van der Waals surface area contributed by atoms with E-state index in [0.29, 0.717) is 6.42 Å². The largest absolute Gasteiger partial charge is 0.481 e. The fourth-order valence-corrected chi connectivity index (χ4v) is 5.29. The number of rotatable bonds is 33. The zero-order chi connectivity index (χ0) is 32.2. The maximum absolute atomic E-state index is 12.6. The lowest BCUT2D eigenvalue weighted by molar-refractivity contribution is -0.147. The number of carboxylic acid groups (broad SMARTS) is 1. The van der Waals surface area contributed by atoms with Gasteiger partial charge in [-0.15, -0.1) is 0 Å². The van der Waals surface area contributed by atoms with Crippen LogP contribution in [0, 0.1) is 0 Å². The van der Waals surface area contributed by atoms with Gasteiger partial charge in [0.15, 0.2) is 0 Å². The monoisotopic (exact) mass is 615 g/mol. The summed E-state index contributed by atoms with van der Waals surface area (Å²) in [6.07, 6.45) is 47.2. The molecule has 4 heteroatoms. The number of hydrogen-bond donors (Lipinski definition) is 1. The summed E-state index contributed by atoms with van der Waals surface area (Å²) in [6.45, 7) is 4.41. The van der Waals surface area contributed by atoms with Crippen LogP contribution < -0.4 is 0 Å². The molecule has 0 aliphatic carbocycles. The van der Waals surface area contributed by atoms with Crippen molar-refractivity contribution in [3.63, 3.8) is 0 Å². The first kappa shape index (κ1) is 41.9. The Morgan fingerprint density at radius 1 is 0.545 bits per heavy atom. The Morgan fingerprint density at radius 3 is 1.59 bits per heavy atom. The normalized spacial score (nSPS) is 12.8. The molecule has 0 aromatic heterocycles. The molecule has 0 saturated heterocycles. The van der Waals surface area contributed by atoms with Crippen LogP contribution in [0.5, 0.6) is 0 Å². The van der Waals surface area contributed by atoms with Crippen LogP contribution in [0.3, 0.4) is 0 Å². The molecule has 0 heterocycles. The molecule has 0 radical (unpaired) electrons. The average Bonchev–Trinajstić information content (AvgIpc) is 3.01. The number of allylic oxidation sites excluding steroid dienone is 7. The first-order valence-corrected chi connectivity index (χ1v) is 18.6. The number of hydrogen-bond acceptors (Lipinski definition) is 3. The van der Waals surface area contributed by atoms with Crippen molar-refractivity contribution >= 4 is 11.9 Å². The van der Waals surface area contributed by atoms with Gasteiger partial charge in [-0.2, -0.15) is 0 Å². The fourth-order valence-electron chi connectivity index (χ4n) is 5.29. The van der Waals surface area contributed by atoms with Crippen molar-refractivity contribution in [1.29, 1.82) is 0 Å². The standard InChI is InChI=1S/C40H70O4/c1-3-5-7-9-11-13-14-15-16-17-18-19-20-21-23-29-33-37-40(43)44-38(34-30-26-22-12-10-8-6-4-2)35-31-27-24-25-28-32-36-39(41)42/h6,8,12,15-16,22,30,34,38H,3-5,7,9-11,13-14,17-21,23-29,31-33,35-37H2,1-2H3,(H,41,42)/b8-6-,16-15-,22-12-,34-30-. The van der Waals surface area contributed by atoms with Gasteiger partial charge in [0, 0.05) is 12.8 Å². The molecule has 44 heavy (non-hydrogen) atoms. The summed E-state index contributed by atoms with van der Waals surface area (Å²) in [5, 5.41) is 8.76. The highest BCUT2D eigenvalue weighted by molar-refractivity contribution is 5.69. The summed E-state index contributed by atoms with van der Waals surface area (Å²) in [4.78, 5) is 23.2. The average molecular weight is 615 g/mol. The number of carboxylic acids is 1. The van der Waals surface area contributed by atoms with E-state index < -0.39 is 5.97 Å². The van der Waals surface area contributed by atoms with Crippen molar-refractivity contribution in [2.75, 3.05) is 0 Å². The van der Waals surface area contributed by atoms with Crippen LogP contribution >= 0.6 is 0 Å². The predicted octanol–water partition coefficient (Wildman–Crippen LogP) is 12.8. The van der Waals surface area contributed by atoms with E-state index in [-0.39, 0.29) is 18.5 Å². The molecule has 0 bridgehead atoms. The van der Waals surface area contributed by atoms with Crippen molar-refractivity contribution < 1.29 is 19.4 Å². The van der Waals surface area contributed by atoms with Gasteiger partial charge in [0.25, 0.3) is 0 Å². The molecule has 0 aliphatic rings. The van der Waals surface area contributed by atoms with Gasteiger partial charge in [-0.25, -0.2) is 0 Å². The van der Waals surface area contributed by atoms with E-state index in [4.69, 9.17) is 9.84 Å². The van der Waals surface area contributed by atoms with Crippen molar-refractivity contribution in [1.82, 2.24) is 0 Å². The predicted molar refractivity (Wildman–Crippen MR) is 190 cm³/mol. The Labute approximate surface area is 272 Å². The highest BCUT2D eigenvalue weighted by Crippen LogP contribution is 2.15. The highest BCUT2D eigenvalue weighted by atomic mass is 16.5. The van der Waals surface area contributed by atoms with E-state index in [2.05, 4.69) is 62.5 Å². The Kier molecular flexibility index (Phi) is 33.7. The van der Waals surface area contributed by atoms with Gasteiger partial charge in [-0.3, -0.25) is 9.59 Å². The summed E-state index contributed by atoms with van der Waals surface area (Å²) in [5.74, 6) is -0.775. The van der Waals surface area contributed by atoms with Gasteiger partial charge in [0.2, 0.25) is 0 Å². The van der Waals surface area contributed by atoms with Gasteiger partial charge >= 0.3 is 11.9 Å². The molecule has 0 aliphatic heterocycles. The number of carbonyl (C=O) groups is 2. The minimum Gasteiger partial charge on any atom is -0.481 e. The lowest BCUT2D eigenvalue weighted by Gasteiger charge is -2.14. The lowest BCUT2D eigenvalue weighted by Crippen LogP contribution is -2.16. The van der Waals surface area contributed by atoms with Crippen molar-refractivity contribution in [3.8, 4) is 0 Å². The van der Waals surface area contributed by atoms with Crippen LogP contribution in [0.2, 0.25) is 0 Å². The zero-order valence-corrected chi connectivity index (χ0v) is 29.0. The Morgan fingerprint density at radius 2 is 1.02 bits per heavy atom. The molecular weight excluding hydrogens is 544 g/mol. The van der Waals surface area contributed by atoms with Crippen molar-refractivity contribution in [2.24, 2.45) is 0 Å². The molecule has 1 unspecified atom stereocenters. The molecule has 0 spiro atoms. The number of esters is 1. The van der Waals surface area contributed by atoms with E-state index in [0.717, 1.165) is 77.0 Å². The second kappa shape index (κ2) is 35.4. The Hall–Kier alpha value is -2.10. The minimum absolute atomic E-state index is 0.0682. The third-order valence-electron chi connectivity index (χ3n) is 8.02. The molecule has 0 aromatic carbocycles. The molecule has 0 amide bonds. The van der Waals surface area contributed by atoms with Gasteiger partial charge in [-0.1, -0.05) is 146 Å². The first-order valence-electron chi connectivity index (χ1n) is 18.6. The molecule has 0 saturated carbocycles. The maximum Gasteiger partial charge on any atom is 0.306 e. The molecule has 1 N–H and O–H groups in total. The third-order valence-corrected chi connectivity index (χ3v) is 8.02. The van der Waals surface area contributed by atoms with Crippen molar-refractivity contribution in [2.45, 2.75) is 193 Å². The van der Waals surface area contributed by atoms with E-state index in [1.54, 1.807) is 0 Å². The molecular formula is C40H70O4. The summed E-state index contributed by atoms with van der Waals surface area (Å²) in [6, 6.07) is 0.